The van der Waals surface area contributed by atoms with Crippen molar-refractivity contribution in [2.45, 2.75) is 37.5 Å². The van der Waals surface area contributed by atoms with Gasteiger partial charge < -0.3 is 19.9 Å². The SMILES string of the molecule is [N-]=[N+]=NCc1ccccc1C[C@@]1(C(=O)NCCc2cccc(Cl)c2)N=C(c2ccc(OCCCO)cc2)O[C@@H]1c1ccc(Cl)cc1Cl. The highest BCUT2D eigenvalue weighted by molar-refractivity contribution is 6.35. The zero-order valence-corrected chi connectivity index (χ0v) is 27.5. The number of nitrogens with one attached hydrogen (secondary N) is 1. The van der Waals surface area contributed by atoms with Crippen LogP contribution in [0.5, 0.6) is 5.75 Å². The van der Waals surface area contributed by atoms with Gasteiger partial charge in [-0.15, -0.1) is 0 Å². The van der Waals surface area contributed by atoms with E-state index in [1.54, 1.807) is 48.5 Å². The lowest BCUT2D eigenvalue weighted by molar-refractivity contribution is -0.128. The molecule has 0 aliphatic carbocycles. The van der Waals surface area contributed by atoms with Crippen molar-refractivity contribution in [1.29, 1.82) is 0 Å². The molecule has 0 fully saturated rings. The third-order valence-electron chi connectivity index (χ3n) is 7.75. The molecule has 4 aromatic carbocycles. The number of benzene rings is 4. The number of hydrogen-bond donors (Lipinski definition) is 2. The summed E-state index contributed by atoms with van der Waals surface area (Å²) in [6.07, 6.45) is 0.221. The van der Waals surface area contributed by atoms with E-state index in [1.165, 1.54) is 0 Å². The van der Waals surface area contributed by atoms with Crippen molar-refractivity contribution in [3.63, 3.8) is 0 Å². The fraction of sp³-hybridized carbons (Fsp3) is 0.257. The first kappa shape index (κ1) is 34.1. The molecule has 1 aliphatic heterocycles. The van der Waals surface area contributed by atoms with Gasteiger partial charge in [-0.1, -0.05) is 82.4 Å². The van der Waals surface area contributed by atoms with Gasteiger partial charge in [-0.2, -0.15) is 0 Å². The Morgan fingerprint density at radius 3 is 2.49 bits per heavy atom. The average molecular weight is 693 g/mol. The highest BCUT2D eigenvalue weighted by Gasteiger charge is 2.54. The number of carbonyl (C=O) groups is 1. The number of hydrogen-bond acceptors (Lipinski definition) is 6. The third-order valence-corrected chi connectivity index (χ3v) is 8.54. The van der Waals surface area contributed by atoms with Crippen LogP contribution < -0.4 is 10.1 Å². The fourth-order valence-corrected chi connectivity index (χ4v) is 6.14. The second-order valence-corrected chi connectivity index (χ2v) is 12.2. The van der Waals surface area contributed by atoms with Gasteiger partial charge in [-0.3, -0.25) is 4.79 Å². The molecule has 1 heterocycles. The normalized spacial score (nSPS) is 16.9. The van der Waals surface area contributed by atoms with Crippen molar-refractivity contribution < 1.29 is 19.4 Å². The van der Waals surface area contributed by atoms with Crippen molar-refractivity contribution >= 4 is 46.6 Å². The van der Waals surface area contributed by atoms with Crippen LogP contribution in [0.1, 0.15) is 40.3 Å². The lowest BCUT2D eigenvalue weighted by Crippen LogP contribution is -2.50. The Kier molecular flexibility index (Phi) is 11.6. The van der Waals surface area contributed by atoms with E-state index in [4.69, 9.17) is 59.9 Å². The number of azide groups is 1. The summed E-state index contributed by atoms with van der Waals surface area (Å²) in [7, 11) is 0. The Balaban J connectivity index is 1.58. The molecule has 0 unspecified atom stereocenters. The molecule has 2 atom stereocenters. The van der Waals surface area contributed by atoms with Gasteiger partial charge in [0.2, 0.25) is 5.90 Å². The quantitative estimate of drug-likeness (QED) is 0.0599. The number of aliphatic hydroxyl groups excluding tert-OH is 1. The molecular formula is C35H32Cl3N5O4. The predicted molar refractivity (Wildman–Crippen MR) is 184 cm³/mol. The van der Waals surface area contributed by atoms with Crippen LogP contribution in [0.4, 0.5) is 0 Å². The summed E-state index contributed by atoms with van der Waals surface area (Å²) in [5, 5.41) is 17.3. The summed E-state index contributed by atoms with van der Waals surface area (Å²) in [6.45, 7) is 0.818. The van der Waals surface area contributed by atoms with E-state index in [0.29, 0.717) is 57.9 Å². The summed E-state index contributed by atoms with van der Waals surface area (Å²) in [4.78, 5) is 22.6. The lowest BCUT2D eigenvalue weighted by Gasteiger charge is -2.32. The Hall–Kier alpha value is -4.24. The summed E-state index contributed by atoms with van der Waals surface area (Å²) >= 11 is 19.2. The molecule has 0 bridgehead atoms. The van der Waals surface area contributed by atoms with E-state index in [9.17, 15) is 4.79 Å². The first-order valence-corrected chi connectivity index (χ1v) is 16.1. The van der Waals surface area contributed by atoms with Crippen LogP contribution in [0.15, 0.2) is 101 Å². The zero-order chi connectivity index (χ0) is 33.2. The molecule has 0 saturated heterocycles. The van der Waals surface area contributed by atoms with E-state index in [2.05, 4.69) is 15.3 Å². The molecule has 0 aromatic heterocycles. The number of carbonyl (C=O) groups excluding carboxylic acids is 1. The first-order chi connectivity index (χ1) is 22.8. The van der Waals surface area contributed by atoms with E-state index < -0.39 is 11.6 Å². The smallest absolute Gasteiger partial charge is 0.252 e. The number of aliphatic imine (C=N–C) groups is 1. The van der Waals surface area contributed by atoms with Crippen LogP contribution in [0.2, 0.25) is 15.1 Å². The Bertz CT molecular complexity index is 1800. The van der Waals surface area contributed by atoms with Crippen LogP contribution in [0.25, 0.3) is 10.4 Å². The van der Waals surface area contributed by atoms with Gasteiger partial charge in [-0.05, 0) is 77.2 Å². The van der Waals surface area contributed by atoms with Gasteiger partial charge in [0, 0.05) is 57.1 Å². The highest BCUT2D eigenvalue weighted by atomic mass is 35.5. The Morgan fingerprint density at radius 1 is 1.00 bits per heavy atom. The summed E-state index contributed by atoms with van der Waals surface area (Å²) in [5.41, 5.74) is 11.2. The number of halogens is 3. The Labute approximate surface area is 287 Å². The van der Waals surface area contributed by atoms with Crippen LogP contribution in [0, 0.1) is 0 Å². The minimum Gasteiger partial charge on any atom is -0.494 e. The minimum absolute atomic E-state index is 0.0343. The van der Waals surface area contributed by atoms with Gasteiger partial charge in [0.25, 0.3) is 5.91 Å². The molecule has 9 nitrogen and oxygen atoms in total. The maximum atomic E-state index is 14.6. The first-order valence-electron chi connectivity index (χ1n) is 15.0. The number of rotatable bonds is 14. The molecule has 0 saturated carbocycles. The fourth-order valence-electron chi connectivity index (χ4n) is 5.42. The number of ether oxygens (including phenoxy) is 2. The molecule has 1 amide bonds. The molecule has 1 aliphatic rings. The maximum absolute atomic E-state index is 14.6. The van der Waals surface area contributed by atoms with Gasteiger partial charge in [0.05, 0.1) is 13.2 Å². The number of nitrogens with zero attached hydrogens (tertiary/aromatic N) is 4. The van der Waals surface area contributed by atoms with Crippen molar-refractivity contribution in [2.24, 2.45) is 10.1 Å². The molecule has 2 N–H and O–H groups in total. The van der Waals surface area contributed by atoms with Gasteiger partial charge in [0.15, 0.2) is 11.6 Å². The summed E-state index contributed by atoms with van der Waals surface area (Å²) < 4.78 is 12.3. The topological polar surface area (TPSA) is 129 Å². The summed E-state index contributed by atoms with van der Waals surface area (Å²) in [5.74, 6) is 0.503. The van der Waals surface area contributed by atoms with Crippen molar-refractivity contribution in [2.75, 3.05) is 19.8 Å². The lowest BCUT2D eigenvalue weighted by atomic mass is 9.80. The highest BCUT2D eigenvalue weighted by Crippen LogP contribution is 2.45. The van der Waals surface area contributed by atoms with Crippen LogP contribution in [-0.2, 0) is 28.9 Å². The van der Waals surface area contributed by atoms with E-state index >= 15 is 0 Å². The van der Waals surface area contributed by atoms with Crippen LogP contribution in [-0.4, -0.2) is 42.2 Å². The van der Waals surface area contributed by atoms with Gasteiger partial charge >= 0.3 is 0 Å². The minimum atomic E-state index is -1.52. The van der Waals surface area contributed by atoms with Gasteiger partial charge in [0.1, 0.15) is 5.75 Å². The molecule has 242 valence electrons. The molecule has 5 rings (SSSR count). The van der Waals surface area contributed by atoms with Crippen molar-refractivity contribution in [3.05, 3.63) is 144 Å². The van der Waals surface area contributed by atoms with E-state index in [-0.39, 0.29) is 31.4 Å². The standard InChI is InChI=1S/C35H32Cl3N5O4/c36-27-8-3-5-23(19-27)15-16-40-34(45)35(21-25-6-1-2-7-26(25)22-41-43-39)32(30-14-11-28(37)20-31(30)38)47-33(42-35)24-9-12-29(13-10-24)46-18-4-17-44/h1-3,5-14,19-20,32,44H,4,15-18,21-22H2,(H,40,45)/t32-,35-/m1/s1. The molecule has 0 spiro atoms. The second kappa shape index (κ2) is 16.0. The van der Waals surface area contributed by atoms with Crippen molar-refractivity contribution in [3.8, 4) is 5.75 Å². The maximum Gasteiger partial charge on any atom is 0.252 e. The second-order valence-electron chi connectivity index (χ2n) is 10.9. The molecule has 12 heteroatoms. The summed E-state index contributed by atoms with van der Waals surface area (Å²) in [6, 6.07) is 27.1. The molecule has 0 radical (unpaired) electrons. The predicted octanol–water partition coefficient (Wildman–Crippen LogP) is 8.08. The average Bonchev–Trinajstić information content (AvgIpc) is 3.45. The van der Waals surface area contributed by atoms with Crippen molar-refractivity contribution in [1.82, 2.24) is 5.32 Å². The van der Waals surface area contributed by atoms with Gasteiger partial charge in [-0.25, -0.2) is 4.99 Å². The number of amides is 1. The number of aliphatic hydroxyl groups is 1. The monoisotopic (exact) mass is 691 g/mol. The molecule has 47 heavy (non-hydrogen) atoms. The zero-order valence-electron chi connectivity index (χ0n) is 25.3. The largest absolute Gasteiger partial charge is 0.494 e. The molecular weight excluding hydrogens is 661 g/mol. The van der Waals surface area contributed by atoms with Crippen LogP contribution in [0.3, 0.4) is 0 Å². The van der Waals surface area contributed by atoms with E-state index in [1.807, 2.05) is 42.5 Å². The molecule has 4 aromatic rings. The third kappa shape index (κ3) is 8.38. The van der Waals surface area contributed by atoms with E-state index in [0.717, 1.165) is 16.7 Å². The Morgan fingerprint density at radius 2 is 1.77 bits per heavy atom. The van der Waals surface area contributed by atoms with Crippen LogP contribution >= 0.6 is 34.8 Å².